The van der Waals surface area contributed by atoms with Gasteiger partial charge in [-0.05, 0) is 54.4 Å². The first-order valence-corrected chi connectivity index (χ1v) is 9.19. The van der Waals surface area contributed by atoms with Gasteiger partial charge in [-0.1, -0.05) is 39.7 Å². The molecule has 1 fully saturated rings. The van der Waals surface area contributed by atoms with Gasteiger partial charge in [-0.15, -0.1) is 0 Å². The number of fused-ring (bicyclic) bond motifs is 2. The van der Waals surface area contributed by atoms with E-state index in [1.165, 1.54) is 24.8 Å². The van der Waals surface area contributed by atoms with Gasteiger partial charge in [0.05, 0.1) is 12.7 Å². The monoisotopic (exact) mass is 320 g/mol. The molecule has 0 aliphatic heterocycles. The summed E-state index contributed by atoms with van der Waals surface area (Å²) in [6, 6.07) is 0. The molecular formula is C20H32O3. The van der Waals surface area contributed by atoms with Crippen molar-refractivity contribution >= 4 is 5.78 Å². The fourth-order valence-electron chi connectivity index (χ4n) is 5.86. The van der Waals surface area contributed by atoms with Gasteiger partial charge in [-0.2, -0.15) is 0 Å². The maximum absolute atomic E-state index is 12.9. The molecule has 0 spiro atoms. The molecule has 3 aliphatic carbocycles. The summed E-state index contributed by atoms with van der Waals surface area (Å²) in [5.41, 5.74) is 2.39. The summed E-state index contributed by atoms with van der Waals surface area (Å²) in [5.74, 6) is 0.746. The third kappa shape index (κ3) is 2.51. The van der Waals surface area contributed by atoms with E-state index in [2.05, 4.69) is 20.8 Å². The smallest absolute Gasteiger partial charge is 0.159 e. The van der Waals surface area contributed by atoms with Gasteiger partial charge in [0, 0.05) is 11.8 Å². The van der Waals surface area contributed by atoms with Crippen LogP contribution in [0.1, 0.15) is 72.6 Å². The Morgan fingerprint density at radius 3 is 2.52 bits per heavy atom. The Balaban J connectivity index is 2.01. The van der Waals surface area contributed by atoms with Gasteiger partial charge < -0.3 is 10.2 Å². The molecule has 0 aromatic heterocycles. The molecule has 3 nitrogen and oxygen atoms in total. The van der Waals surface area contributed by atoms with Gasteiger partial charge in [-0.25, -0.2) is 0 Å². The fraction of sp³-hybridized carbons (Fsp3) is 0.850. The molecule has 3 aliphatic rings. The molecule has 0 aromatic rings. The van der Waals surface area contributed by atoms with E-state index in [1.807, 2.05) is 6.92 Å². The van der Waals surface area contributed by atoms with Crippen molar-refractivity contribution in [3.8, 4) is 0 Å². The van der Waals surface area contributed by atoms with Crippen LogP contribution in [0, 0.1) is 22.2 Å². The maximum Gasteiger partial charge on any atom is 0.159 e. The van der Waals surface area contributed by atoms with Gasteiger partial charge in [-0.3, -0.25) is 4.79 Å². The fourth-order valence-corrected chi connectivity index (χ4v) is 5.86. The Labute approximate surface area is 140 Å². The van der Waals surface area contributed by atoms with E-state index in [0.29, 0.717) is 24.5 Å². The van der Waals surface area contributed by atoms with Crippen LogP contribution in [0.3, 0.4) is 0 Å². The minimum atomic E-state index is -0.738. The molecule has 23 heavy (non-hydrogen) atoms. The first-order chi connectivity index (χ1) is 10.6. The van der Waals surface area contributed by atoms with E-state index in [4.69, 9.17) is 0 Å². The molecule has 1 saturated carbocycles. The van der Waals surface area contributed by atoms with Crippen LogP contribution in [0.15, 0.2) is 11.1 Å². The zero-order valence-electron chi connectivity index (χ0n) is 15.1. The van der Waals surface area contributed by atoms with Gasteiger partial charge in [0.15, 0.2) is 5.78 Å². The van der Waals surface area contributed by atoms with E-state index in [-0.39, 0.29) is 22.9 Å². The van der Waals surface area contributed by atoms with Crippen molar-refractivity contribution in [2.45, 2.75) is 78.7 Å². The van der Waals surface area contributed by atoms with Crippen molar-refractivity contribution in [3.05, 3.63) is 11.1 Å². The van der Waals surface area contributed by atoms with Crippen molar-refractivity contribution in [1.82, 2.24) is 0 Å². The van der Waals surface area contributed by atoms with Crippen LogP contribution in [-0.4, -0.2) is 28.7 Å². The molecule has 130 valence electrons. The number of rotatable bonds is 2. The Kier molecular flexibility index (Phi) is 4.04. The summed E-state index contributed by atoms with van der Waals surface area (Å²) < 4.78 is 0. The highest BCUT2D eigenvalue weighted by molar-refractivity contribution is 5.98. The number of allylic oxidation sites excluding steroid dienone is 2. The standard InChI is InChI=1S/C20H32O3/c1-18(2)7-5-8-20(4)14-6-9-19(3,17(23)12-21)11-13(14)15(22)10-16(18)20/h16-17,21,23H,5-12H2,1-4H3/t16?,17-,19?,20-/m1/s1. The summed E-state index contributed by atoms with van der Waals surface area (Å²) in [5, 5.41) is 19.6. The normalized spacial score (nSPS) is 41.3. The molecule has 3 rings (SSSR count). The van der Waals surface area contributed by atoms with E-state index in [0.717, 1.165) is 18.4 Å². The lowest BCUT2D eigenvalue weighted by molar-refractivity contribution is -0.123. The van der Waals surface area contributed by atoms with E-state index in [1.54, 1.807) is 0 Å². The molecule has 0 aromatic carbocycles. The zero-order valence-corrected chi connectivity index (χ0v) is 15.1. The SMILES string of the molecule is CC1(C)CCC[C@]2(C)C3=C(CC(C)([C@H](O)CO)CC3)C(=O)CC12. The number of hydrogen-bond donors (Lipinski definition) is 2. The van der Waals surface area contributed by atoms with Gasteiger partial charge in [0.2, 0.25) is 0 Å². The Bertz CT molecular complexity index is 547. The second-order valence-corrected chi connectivity index (χ2v) is 9.43. The largest absolute Gasteiger partial charge is 0.394 e. The zero-order chi connectivity index (χ0) is 17.0. The van der Waals surface area contributed by atoms with Crippen LogP contribution in [0.25, 0.3) is 0 Å². The average molecular weight is 320 g/mol. The highest BCUT2D eigenvalue weighted by Crippen LogP contribution is 2.62. The Morgan fingerprint density at radius 2 is 1.87 bits per heavy atom. The molecule has 0 saturated heterocycles. The highest BCUT2D eigenvalue weighted by atomic mass is 16.3. The first kappa shape index (κ1) is 17.2. The summed E-state index contributed by atoms with van der Waals surface area (Å²) in [6.07, 6.45) is 5.95. The number of Topliss-reactive ketones (excluding diaryl/α,β-unsaturated/α-hetero) is 1. The van der Waals surface area contributed by atoms with Crippen LogP contribution in [-0.2, 0) is 4.79 Å². The number of carbonyl (C=O) groups is 1. The second-order valence-electron chi connectivity index (χ2n) is 9.43. The number of aliphatic hydroxyl groups excluding tert-OH is 2. The molecule has 0 heterocycles. The van der Waals surface area contributed by atoms with Crippen molar-refractivity contribution < 1.29 is 15.0 Å². The molecule has 0 amide bonds. The number of carbonyl (C=O) groups excluding carboxylic acids is 1. The number of hydrogen-bond acceptors (Lipinski definition) is 3. The van der Waals surface area contributed by atoms with Crippen LogP contribution in [0.4, 0.5) is 0 Å². The summed E-state index contributed by atoms with van der Waals surface area (Å²) >= 11 is 0. The lowest BCUT2D eigenvalue weighted by atomic mass is 9.47. The van der Waals surface area contributed by atoms with Crippen molar-refractivity contribution in [2.75, 3.05) is 6.61 Å². The van der Waals surface area contributed by atoms with Crippen molar-refractivity contribution in [3.63, 3.8) is 0 Å². The average Bonchev–Trinajstić information content (AvgIpc) is 2.48. The number of aliphatic hydroxyl groups is 2. The summed E-state index contributed by atoms with van der Waals surface area (Å²) in [7, 11) is 0. The van der Waals surface area contributed by atoms with Crippen LogP contribution in [0.2, 0.25) is 0 Å². The quantitative estimate of drug-likeness (QED) is 0.817. The number of ketones is 1. The maximum atomic E-state index is 12.9. The molecule has 2 N–H and O–H groups in total. The molecular weight excluding hydrogens is 288 g/mol. The molecule has 0 radical (unpaired) electrons. The third-order valence-corrected chi connectivity index (χ3v) is 7.51. The molecule has 2 unspecified atom stereocenters. The lowest BCUT2D eigenvalue weighted by Crippen LogP contribution is -2.50. The predicted octanol–water partition coefficient (Wildman–Crippen LogP) is 3.63. The topological polar surface area (TPSA) is 57.5 Å². The van der Waals surface area contributed by atoms with E-state index in [9.17, 15) is 15.0 Å². The first-order valence-electron chi connectivity index (χ1n) is 9.19. The lowest BCUT2D eigenvalue weighted by Gasteiger charge is -2.57. The predicted molar refractivity (Wildman–Crippen MR) is 90.9 cm³/mol. The van der Waals surface area contributed by atoms with Crippen LogP contribution < -0.4 is 0 Å². The molecule has 4 atom stereocenters. The van der Waals surface area contributed by atoms with Gasteiger partial charge in [0.1, 0.15) is 0 Å². The minimum absolute atomic E-state index is 0.149. The van der Waals surface area contributed by atoms with E-state index < -0.39 is 6.10 Å². The summed E-state index contributed by atoms with van der Waals surface area (Å²) in [6.45, 7) is 8.84. The van der Waals surface area contributed by atoms with Crippen molar-refractivity contribution in [2.24, 2.45) is 22.2 Å². The summed E-state index contributed by atoms with van der Waals surface area (Å²) in [4.78, 5) is 12.9. The van der Waals surface area contributed by atoms with Crippen LogP contribution >= 0.6 is 0 Å². The van der Waals surface area contributed by atoms with E-state index >= 15 is 0 Å². The minimum Gasteiger partial charge on any atom is -0.394 e. The van der Waals surface area contributed by atoms with Gasteiger partial charge >= 0.3 is 0 Å². The Hall–Kier alpha value is -0.670. The van der Waals surface area contributed by atoms with Crippen molar-refractivity contribution in [1.29, 1.82) is 0 Å². The third-order valence-electron chi connectivity index (χ3n) is 7.51. The molecule has 0 bridgehead atoms. The van der Waals surface area contributed by atoms with Gasteiger partial charge in [0.25, 0.3) is 0 Å². The molecule has 3 heteroatoms. The van der Waals surface area contributed by atoms with Crippen LogP contribution in [0.5, 0.6) is 0 Å². The Morgan fingerprint density at radius 1 is 1.17 bits per heavy atom. The highest BCUT2D eigenvalue weighted by Gasteiger charge is 2.54. The second kappa shape index (κ2) is 5.42.